The van der Waals surface area contributed by atoms with Gasteiger partial charge in [-0.2, -0.15) is 11.8 Å². The summed E-state index contributed by atoms with van der Waals surface area (Å²) in [5.41, 5.74) is 0. The van der Waals surface area contributed by atoms with Crippen molar-refractivity contribution in [2.75, 3.05) is 52.6 Å². The van der Waals surface area contributed by atoms with Crippen molar-refractivity contribution in [1.29, 1.82) is 0 Å². The summed E-state index contributed by atoms with van der Waals surface area (Å²) < 4.78 is 0.327. The Morgan fingerprint density at radius 3 is 2.75 bits per heavy atom. The van der Waals surface area contributed by atoms with Crippen LogP contribution in [0.25, 0.3) is 0 Å². The predicted molar refractivity (Wildman–Crippen MR) is 91.9 cm³/mol. The number of nitrogens with zero attached hydrogens (tertiary/aromatic N) is 3. The fourth-order valence-electron chi connectivity index (χ4n) is 2.43. The average molecular weight is 301 g/mol. The van der Waals surface area contributed by atoms with Crippen LogP contribution >= 0.6 is 11.8 Å². The summed E-state index contributed by atoms with van der Waals surface area (Å²) >= 11 is 2.06. The van der Waals surface area contributed by atoms with Crippen molar-refractivity contribution < 1.29 is 0 Å². The lowest BCUT2D eigenvalue weighted by molar-refractivity contribution is 0.326. The van der Waals surface area contributed by atoms with Crippen LogP contribution in [-0.2, 0) is 0 Å². The normalized spacial score (nSPS) is 19.5. The summed E-state index contributed by atoms with van der Waals surface area (Å²) in [4.78, 5) is 9.22. The van der Waals surface area contributed by atoms with E-state index < -0.39 is 0 Å². The number of hydrogen-bond donors (Lipinski definition) is 1. The number of guanidine groups is 1. The lowest BCUT2D eigenvalue weighted by atomic mass is 10.2. The van der Waals surface area contributed by atoms with Gasteiger partial charge in [0.1, 0.15) is 0 Å². The van der Waals surface area contributed by atoms with Crippen LogP contribution in [0.15, 0.2) is 4.99 Å². The molecule has 0 aliphatic carbocycles. The minimum absolute atomic E-state index is 0.327. The molecular weight excluding hydrogens is 268 g/mol. The largest absolute Gasteiger partial charge is 0.355 e. The summed E-state index contributed by atoms with van der Waals surface area (Å²) in [5.74, 6) is 2.24. The van der Waals surface area contributed by atoms with Gasteiger partial charge in [0.05, 0.1) is 0 Å². The third-order valence-corrected chi connectivity index (χ3v) is 4.90. The van der Waals surface area contributed by atoms with E-state index in [1.165, 1.54) is 25.1 Å². The van der Waals surface area contributed by atoms with Crippen LogP contribution in [0.3, 0.4) is 0 Å². The number of rotatable bonds is 6. The van der Waals surface area contributed by atoms with Crippen LogP contribution in [0, 0.1) is 0 Å². The number of thioether (sulfide) groups is 1. The molecular formula is C15H32N4S. The second-order valence-electron chi connectivity index (χ2n) is 6.16. The lowest BCUT2D eigenvalue weighted by Crippen LogP contribution is -2.51. The molecule has 0 aromatic rings. The minimum atomic E-state index is 0.327. The third-order valence-electron chi connectivity index (χ3n) is 3.61. The second kappa shape index (κ2) is 8.78. The van der Waals surface area contributed by atoms with Gasteiger partial charge in [0.25, 0.3) is 0 Å². The van der Waals surface area contributed by atoms with Crippen LogP contribution in [0.4, 0.5) is 0 Å². The van der Waals surface area contributed by atoms with Crippen molar-refractivity contribution in [3.63, 3.8) is 0 Å². The van der Waals surface area contributed by atoms with Gasteiger partial charge in [0.15, 0.2) is 5.96 Å². The molecule has 20 heavy (non-hydrogen) atoms. The SMILES string of the molecule is CCCCN(C)CCNC(=NC)N1CCSC(C)(C)C1. The van der Waals surface area contributed by atoms with E-state index in [4.69, 9.17) is 0 Å². The van der Waals surface area contributed by atoms with E-state index in [0.29, 0.717) is 4.75 Å². The summed E-state index contributed by atoms with van der Waals surface area (Å²) in [6.45, 7) is 12.3. The van der Waals surface area contributed by atoms with E-state index in [2.05, 4.69) is 59.7 Å². The van der Waals surface area contributed by atoms with Crippen LogP contribution in [0.2, 0.25) is 0 Å². The summed E-state index contributed by atoms with van der Waals surface area (Å²) in [7, 11) is 4.08. The molecule has 0 unspecified atom stereocenters. The van der Waals surface area contributed by atoms with Gasteiger partial charge in [-0.15, -0.1) is 0 Å². The Labute approximate surface area is 129 Å². The molecule has 1 aliphatic rings. The zero-order valence-electron chi connectivity index (χ0n) is 13.9. The van der Waals surface area contributed by atoms with Crippen molar-refractivity contribution in [3.8, 4) is 0 Å². The molecule has 0 aromatic heterocycles. The quantitative estimate of drug-likeness (QED) is 0.601. The monoisotopic (exact) mass is 300 g/mol. The highest BCUT2D eigenvalue weighted by Gasteiger charge is 2.28. The summed E-state index contributed by atoms with van der Waals surface area (Å²) in [5, 5.41) is 3.51. The number of nitrogens with one attached hydrogen (secondary N) is 1. The molecule has 0 spiro atoms. The van der Waals surface area contributed by atoms with Gasteiger partial charge in [-0.05, 0) is 33.9 Å². The molecule has 0 aromatic carbocycles. The maximum atomic E-state index is 4.44. The topological polar surface area (TPSA) is 30.9 Å². The van der Waals surface area contributed by atoms with Gasteiger partial charge in [0.2, 0.25) is 0 Å². The van der Waals surface area contributed by atoms with Gasteiger partial charge in [-0.1, -0.05) is 13.3 Å². The van der Waals surface area contributed by atoms with E-state index in [1.807, 2.05) is 7.05 Å². The van der Waals surface area contributed by atoms with Gasteiger partial charge in [0, 0.05) is 43.7 Å². The third kappa shape index (κ3) is 6.35. The number of unbranched alkanes of at least 4 members (excludes halogenated alkanes) is 1. The van der Waals surface area contributed by atoms with Gasteiger partial charge in [-0.25, -0.2) is 0 Å². The van der Waals surface area contributed by atoms with Gasteiger partial charge < -0.3 is 15.1 Å². The first-order valence-electron chi connectivity index (χ1n) is 7.76. The van der Waals surface area contributed by atoms with E-state index in [1.54, 1.807) is 0 Å². The molecule has 0 atom stereocenters. The van der Waals surface area contributed by atoms with Crippen LogP contribution < -0.4 is 5.32 Å². The van der Waals surface area contributed by atoms with Crippen LogP contribution in [0.5, 0.6) is 0 Å². The number of hydrogen-bond acceptors (Lipinski definition) is 3. The fourth-order valence-corrected chi connectivity index (χ4v) is 3.54. The minimum Gasteiger partial charge on any atom is -0.355 e. The van der Waals surface area contributed by atoms with Crippen LogP contribution in [0.1, 0.15) is 33.6 Å². The van der Waals surface area contributed by atoms with E-state index in [-0.39, 0.29) is 0 Å². The van der Waals surface area contributed by atoms with Crippen molar-refractivity contribution >= 4 is 17.7 Å². The first-order chi connectivity index (χ1) is 9.48. The Morgan fingerprint density at radius 1 is 1.40 bits per heavy atom. The standard InChI is InChI=1S/C15H32N4S/c1-6-7-9-18(5)10-8-17-14(16-4)19-11-12-20-15(2,3)13-19/h6-13H2,1-5H3,(H,16,17). The van der Waals surface area contributed by atoms with Crippen molar-refractivity contribution in [1.82, 2.24) is 15.1 Å². The molecule has 118 valence electrons. The van der Waals surface area contributed by atoms with E-state index >= 15 is 0 Å². The molecule has 1 saturated heterocycles. The van der Waals surface area contributed by atoms with Crippen molar-refractivity contribution in [3.05, 3.63) is 0 Å². The molecule has 1 fully saturated rings. The Hall–Kier alpha value is -0.420. The molecule has 1 aliphatic heterocycles. The molecule has 0 bridgehead atoms. The zero-order chi connectivity index (χ0) is 15.0. The Bertz CT molecular complexity index is 304. The Balaban J connectivity index is 2.33. The molecule has 4 nitrogen and oxygen atoms in total. The first-order valence-corrected chi connectivity index (χ1v) is 8.75. The highest BCUT2D eigenvalue weighted by molar-refractivity contribution is 8.00. The molecule has 0 saturated carbocycles. The Kier molecular flexibility index (Phi) is 7.74. The lowest BCUT2D eigenvalue weighted by Gasteiger charge is -2.39. The maximum absolute atomic E-state index is 4.44. The molecule has 1 rings (SSSR count). The van der Waals surface area contributed by atoms with Crippen LogP contribution in [-0.4, -0.2) is 73.1 Å². The first kappa shape index (κ1) is 17.6. The van der Waals surface area contributed by atoms with Crippen molar-refractivity contribution in [2.45, 2.75) is 38.4 Å². The number of aliphatic imine (C=N–C) groups is 1. The van der Waals surface area contributed by atoms with E-state index in [9.17, 15) is 0 Å². The predicted octanol–water partition coefficient (Wildman–Crippen LogP) is 2.12. The molecule has 5 heteroatoms. The molecule has 1 heterocycles. The smallest absolute Gasteiger partial charge is 0.193 e. The van der Waals surface area contributed by atoms with E-state index in [0.717, 1.165) is 32.1 Å². The maximum Gasteiger partial charge on any atom is 0.193 e. The zero-order valence-corrected chi connectivity index (χ0v) is 14.7. The molecule has 0 amide bonds. The Morgan fingerprint density at radius 2 is 2.15 bits per heavy atom. The fraction of sp³-hybridized carbons (Fsp3) is 0.933. The summed E-state index contributed by atoms with van der Waals surface area (Å²) in [6, 6.07) is 0. The van der Waals surface area contributed by atoms with Crippen molar-refractivity contribution in [2.24, 2.45) is 4.99 Å². The van der Waals surface area contributed by atoms with Gasteiger partial charge >= 0.3 is 0 Å². The highest BCUT2D eigenvalue weighted by atomic mass is 32.2. The van der Waals surface area contributed by atoms with Gasteiger partial charge in [-0.3, -0.25) is 4.99 Å². The highest BCUT2D eigenvalue weighted by Crippen LogP contribution is 2.29. The number of likely N-dealkylation sites (N-methyl/N-ethyl adjacent to an activating group) is 1. The average Bonchev–Trinajstić information content (AvgIpc) is 2.40. The molecule has 0 radical (unpaired) electrons. The summed E-state index contributed by atoms with van der Waals surface area (Å²) in [6.07, 6.45) is 2.54. The molecule has 1 N–H and O–H groups in total. The second-order valence-corrected chi connectivity index (χ2v) is 7.96.